The van der Waals surface area contributed by atoms with Crippen LogP contribution in [0.5, 0.6) is 0 Å². The highest BCUT2D eigenvalue weighted by Gasteiger charge is 2.13. The Morgan fingerprint density at radius 3 is 3.08 bits per heavy atom. The number of ether oxygens (including phenoxy) is 1. The molecule has 3 heteroatoms. The van der Waals surface area contributed by atoms with Gasteiger partial charge in [0, 0.05) is 19.2 Å². The molecule has 1 unspecified atom stereocenters. The van der Waals surface area contributed by atoms with E-state index in [1.54, 1.807) is 0 Å². The third kappa shape index (κ3) is 3.52. The van der Waals surface area contributed by atoms with E-state index in [9.17, 15) is 0 Å². The molecule has 0 bridgehead atoms. The highest BCUT2D eigenvalue weighted by molar-refractivity contribution is 4.68. The summed E-state index contributed by atoms with van der Waals surface area (Å²) in [6.45, 7) is 4.98. The third-order valence-electron chi connectivity index (χ3n) is 2.28. The second-order valence-electron chi connectivity index (χ2n) is 3.58. The van der Waals surface area contributed by atoms with Gasteiger partial charge in [0.2, 0.25) is 0 Å². The zero-order chi connectivity index (χ0) is 8.81. The molecule has 1 saturated heterocycles. The van der Waals surface area contributed by atoms with E-state index in [4.69, 9.17) is 9.84 Å². The van der Waals surface area contributed by atoms with Gasteiger partial charge in [-0.15, -0.1) is 0 Å². The molecule has 3 nitrogen and oxygen atoms in total. The van der Waals surface area contributed by atoms with Crippen LogP contribution in [-0.4, -0.2) is 37.5 Å². The van der Waals surface area contributed by atoms with Crippen LogP contribution in [0.25, 0.3) is 0 Å². The van der Waals surface area contributed by atoms with Crippen LogP contribution in [0, 0.1) is 5.92 Å². The monoisotopic (exact) mass is 173 g/mol. The van der Waals surface area contributed by atoms with Crippen molar-refractivity contribution in [2.45, 2.75) is 25.8 Å². The summed E-state index contributed by atoms with van der Waals surface area (Å²) in [5.41, 5.74) is 0. The Hall–Kier alpha value is -0.120. The van der Waals surface area contributed by atoms with Gasteiger partial charge in [-0.2, -0.15) is 0 Å². The van der Waals surface area contributed by atoms with E-state index in [2.05, 4.69) is 5.32 Å². The van der Waals surface area contributed by atoms with Gasteiger partial charge < -0.3 is 15.2 Å². The number of aliphatic hydroxyl groups is 1. The lowest BCUT2D eigenvalue weighted by atomic mass is 10.0. The summed E-state index contributed by atoms with van der Waals surface area (Å²) in [5, 5.41) is 12.0. The molecular formula is C9H19NO2. The van der Waals surface area contributed by atoms with Crippen LogP contribution in [0.1, 0.15) is 19.8 Å². The molecule has 0 aromatic rings. The lowest BCUT2D eigenvalue weighted by Crippen LogP contribution is -2.36. The molecule has 0 saturated carbocycles. The lowest BCUT2D eigenvalue weighted by molar-refractivity contribution is 0.0531. The third-order valence-corrected chi connectivity index (χ3v) is 2.28. The molecule has 0 aliphatic carbocycles. The smallest absolute Gasteiger partial charge is 0.0581 e. The number of aliphatic hydroxyl groups excluding tert-OH is 1. The minimum atomic E-state index is 0.215. The highest BCUT2D eigenvalue weighted by atomic mass is 16.5. The maximum Gasteiger partial charge on any atom is 0.0581 e. The van der Waals surface area contributed by atoms with Gasteiger partial charge >= 0.3 is 0 Å². The number of rotatable bonds is 4. The number of nitrogens with one attached hydrogen (secondary N) is 1. The van der Waals surface area contributed by atoms with E-state index < -0.39 is 0 Å². The first-order valence-corrected chi connectivity index (χ1v) is 4.75. The van der Waals surface area contributed by atoms with Gasteiger partial charge in [-0.3, -0.25) is 0 Å². The molecule has 1 heterocycles. The van der Waals surface area contributed by atoms with E-state index >= 15 is 0 Å². The van der Waals surface area contributed by atoms with Crippen LogP contribution in [0.2, 0.25) is 0 Å². The molecule has 1 aliphatic heterocycles. The molecule has 1 aliphatic rings. The minimum absolute atomic E-state index is 0.215. The van der Waals surface area contributed by atoms with Crippen molar-refractivity contribution in [3.05, 3.63) is 0 Å². The van der Waals surface area contributed by atoms with Gasteiger partial charge in [0.05, 0.1) is 13.2 Å². The van der Waals surface area contributed by atoms with Crippen molar-refractivity contribution in [3.8, 4) is 0 Å². The van der Waals surface area contributed by atoms with Crippen molar-refractivity contribution in [2.24, 2.45) is 5.92 Å². The normalized spacial score (nSPS) is 27.0. The Bertz CT molecular complexity index is 113. The van der Waals surface area contributed by atoms with Crippen LogP contribution >= 0.6 is 0 Å². The van der Waals surface area contributed by atoms with Crippen LogP contribution in [-0.2, 0) is 4.74 Å². The van der Waals surface area contributed by atoms with E-state index in [1.807, 2.05) is 6.92 Å². The molecule has 0 aromatic carbocycles. The van der Waals surface area contributed by atoms with Gasteiger partial charge in [0.25, 0.3) is 0 Å². The van der Waals surface area contributed by atoms with E-state index in [0.717, 1.165) is 19.8 Å². The van der Waals surface area contributed by atoms with E-state index in [-0.39, 0.29) is 12.6 Å². The first-order chi connectivity index (χ1) is 5.83. The quantitative estimate of drug-likeness (QED) is 0.646. The molecule has 0 amide bonds. The largest absolute Gasteiger partial charge is 0.395 e. The topological polar surface area (TPSA) is 41.5 Å². The molecule has 1 rings (SSSR count). The van der Waals surface area contributed by atoms with Crippen molar-refractivity contribution in [2.75, 3.05) is 26.4 Å². The zero-order valence-electron chi connectivity index (χ0n) is 7.75. The van der Waals surface area contributed by atoms with Crippen molar-refractivity contribution in [1.82, 2.24) is 5.32 Å². The fourth-order valence-corrected chi connectivity index (χ4v) is 1.40. The first-order valence-electron chi connectivity index (χ1n) is 4.75. The van der Waals surface area contributed by atoms with Gasteiger partial charge in [-0.05, 0) is 25.7 Å². The Kier molecular flexibility index (Phi) is 4.58. The number of hydrogen-bond donors (Lipinski definition) is 2. The minimum Gasteiger partial charge on any atom is -0.395 e. The highest BCUT2D eigenvalue weighted by Crippen LogP contribution is 2.12. The van der Waals surface area contributed by atoms with Crippen LogP contribution < -0.4 is 5.32 Å². The summed E-state index contributed by atoms with van der Waals surface area (Å²) in [6, 6.07) is 0.215. The Balaban J connectivity index is 2.05. The predicted molar refractivity (Wildman–Crippen MR) is 48.1 cm³/mol. The SMILES string of the molecule is C[C@H](CO)NCC1CCCOC1. The van der Waals surface area contributed by atoms with Gasteiger partial charge in [-0.1, -0.05) is 0 Å². The summed E-state index contributed by atoms with van der Waals surface area (Å²) >= 11 is 0. The van der Waals surface area contributed by atoms with Gasteiger partial charge in [-0.25, -0.2) is 0 Å². The standard InChI is InChI=1S/C9H19NO2/c1-8(6-11)10-5-9-3-2-4-12-7-9/h8-11H,2-7H2,1H3/t8-,9?/m1/s1. The second kappa shape index (κ2) is 5.51. The number of hydrogen-bond acceptors (Lipinski definition) is 3. The summed E-state index contributed by atoms with van der Waals surface area (Å²) in [7, 11) is 0. The lowest BCUT2D eigenvalue weighted by Gasteiger charge is -2.23. The summed E-state index contributed by atoms with van der Waals surface area (Å²) in [6.07, 6.45) is 2.44. The average molecular weight is 173 g/mol. The average Bonchev–Trinajstić information content (AvgIpc) is 2.16. The fourth-order valence-electron chi connectivity index (χ4n) is 1.40. The van der Waals surface area contributed by atoms with Crippen molar-refractivity contribution >= 4 is 0 Å². The second-order valence-corrected chi connectivity index (χ2v) is 3.58. The van der Waals surface area contributed by atoms with E-state index in [1.165, 1.54) is 12.8 Å². The maximum atomic E-state index is 8.77. The summed E-state index contributed by atoms with van der Waals surface area (Å²) in [4.78, 5) is 0. The Morgan fingerprint density at radius 1 is 1.67 bits per heavy atom. The van der Waals surface area contributed by atoms with Gasteiger partial charge in [0.1, 0.15) is 0 Å². The molecule has 0 spiro atoms. The predicted octanol–water partition coefficient (Wildman–Crippen LogP) is 0.383. The van der Waals surface area contributed by atoms with Crippen LogP contribution in [0.3, 0.4) is 0 Å². The molecule has 72 valence electrons. The zero-order valence-corrected chi connectivity index (χ0v) is 7.75. The fraction of sp³-hybridized carbons (Fsp3) is 1.00. The van der Waals surface area contributed by atoms with E-state index in [0.29, 0.717) is 5.92 Å². The molecular weight excluding hydrogens is 154 g/mol. The maximum absolute atomic E-state index is 8.77. The molecule has 0 aromatic heterocycles. The summed E-state index contributed by atoms with van der Waals surface area (Å²) in [5.74, 6) is 0.646. The Labute approximate surface area is 74.1 Å². The first kappa shape index (κ1) is 9.96. The van der Waals surface area contributed by atoms with Crippen molar-refractivity contribution in [1.29, 1.82) is 0 Å². The van der Waals surface area contributed by atoms with Crippen LogP contribution in [0.15, 0.2) is 0 Å². The van der Waals surface area contributed by atoms with Gasteiger partial charge in [0.15, 0.2) is 0 Å². The van der Waals surface area contributed by atoms with Crippen molar-refractivity contribution in [3.63, 3.8) is 0 Å². The molecule has 2 N–H and O–H groups in total. The molecule has 12 heavy (non-hydrogen) atoms. The summed E-state index contributed by atoms with van der Waals surface area (Å²) < 4.78 is 5.35. The molecule has 2 atom stereocenters. The molecule has 0 radical (unpaired) electrons. The molecule has 1 fully saturated rings. The van der Waals surface area contributed by atoms with Crippen molar-refractivity contribution < 1.29 is 9.84 Å². The Morgan fingerprint density at radius 2 is 2.50 bits per heavy atom. The van der Waals surface area contributed by atoms with Crippen LogP contribution in [0.4, 0.5) is 0 Å².